The monoisotopic (exact) mass is 284 g/mol. The lowest BCUT2D eigenvalue weighted by Gasteiger charge is -2.20. The van der Waals surface area contributed by atoms with Crippen LogP contribution in [0, 0.1) is 6.92 Å². The van der Waals surface area contributed by atoms with Crippen molar-refractivity contribution < 1.29 is 4.79 Å². The van der Waals surface area contributed by atoms with Crippen LogP contribution in [0.3, 0.4) is 0 Å². The van der Waals surface area contributed by atoms with Crippen LogP contribution in [0.5, 0.6) is 0 Å². The molecule has 20 heavy (non-hydrogen) atoms. The Hall–Kier alpha value is -2.20. The predicted octanol–water partition coefficient (Wildman–Crippen LogP) is 2.91. The molecule has 0 atom stereocenters. The van der Waals surface area contributed by atoms with Crippen molar-refractivity contribution in [2.45, 2.75) is 6.92 Å². The number of carbonyl (C=O) groups is 1. The van der Waals surface area contributed by atoms with Crippen molar-refractivity contribution in [3.8, 4) is 0 Å². The zero-order valence-electron chi connectivity index (χ0n) is 11.5. The molecule has 0 aliphatic heterocycles. The summed E-state index contributed by atoms with van der Waals surface area (Å²) in [5.41, 5.74) is 8.81. The first-order valence-electron chi connectivity index (χ1n) is 6.24. The molecule has 0 aliphatic carbocycles. The van der Waals surface area contributed by atoms with E-state index in [1.807, 2.05) is 49.4 Å². The quantitative estimate of drug-likeness (QED) is 0.882. The number of amides is 1. The fraction of sp³-hybridized carbons (Fsp3) is 0.125. The Kier molecular flexibility index (Phi) is 4.15. The number of rotatable bonds is 3. The van der Waals surface area contributed by atoms with E-state index in [9.17, 15) is 4.79 Å². The van der Waals surface area contributed by atoms with E-state index in [-0.39, 0.29) is 10.9 Å². The number of nitrogens with zero attached hydrogens (tertiary/aromatic N) is 1. The number of nitrogens with two attached hydrogens (primary N) is 1. The normalized spacial score (nSPS) is 10.1. The molecule has 0 unspecified atom stereocenters. The van der Waals surface area contributed by atoms with Crippen molar-refractivity contribution >= 4 is 28.8 Å². The highest BCUT2D eigenvalue weighted by molar-refractivity contribution is 7.80. The topological polar surface area (TPSA) is 46.3 Å². The minimum atomic E-state index is -0.0857. The first-order valence-corrected chi connectivity index (χ1v) is 6.65. The van der Waals surface area contributed by atoms with Crippen LogP contribution < -0.4 is 10.6 Å². The molecule has 0 heterocycles. The molecule has 3 nitrogen and oxygen atoms in total. The summed E-state index contributed by atoms with van der Waals surface area (Å²) in [7, 11) is 1.72. The van der Waals surface area contributed by atoms with E-state index in [0.29, 0.717) is 16.8 Å². The van der Waals surface area contributed by atoms with Crippen LogP contribution in [0.4, 0.5) is 5.69 Å². The zero-order chi connectivity index (χ0) is 14.7. The Bertz CT molecular complexity index is 667. The van der Waals surface area contributed by atoms with Crippen LogP contribution in [0.15, 0.2) is 48.5 Å². The summed E-state index contributed by atoms with van der Waals surface area (Å²) in [5.74, 6) is -0.0857. The molecule has 2 rings (SSSR count). The number of aryl methyl sites for hydroxylation is 1. The SMILES string of the molecule is Cc1cccc(C(=O)N(C)c2ccccc2C(N)=S)c1. The van der Waals surface area contributed by atoms with Gasteiger partial charge in [0, 0.05) is 18.2 Å². The molecule has 0 saturated carbocycles. The maximum absolute atomic E-state index is 12.5. The fourth-order valence-electron chi connectivity index (χ4n) is 2.06. The molecule has 0 fully saturated rings. The van der Waals surface area contributed by atoms with E-state index in [2.05, 4.69) is 0 Å². The minimum absolute atomic E-state index is 0.0857. The summed E-state index contributed by atoms with van der Waals surface area (Å²) < 4.78 is 0. The van der Waals surface area contributed by atoms with Crippen LogP contribution in [-0.2, 0) is 0 Å². The molecule has 0 bridgehead atoms. The van der Waals surface area contributed by atoms with Gasteiger partial charge in [-0.25, -0.2) is 0 Å². The molecule has 0 aliphatic rings. The highest BCUT2D eigenvalue weighted by Crippen LogP contribution is 2.21. The summed E-state index contributed by atoms with van der Waals surface area (Å²) >= 11 is 5.03. The second-order valence-electron chi connectivity index (χ2n) is 4.62. The minimum Gasteiger partial charge on any atom is -0.389 e. The van der Waals surface area contributed by atoms with Crippen LogP contribution >= 0.6 is 12.2 Å². The third-order valence-electron chi connectivity index (χ3n) is 3.10. The second-order valence-corrected chi connectivity index (χ2v) is 5.05. The van der Waals surface area contributed by atoms with Crippen molar-refractivity contribution in [3.63, 3.8) is 0 Å². The van der Waals surface area contributed by atoms with Crippen LogP contribution in [0.25, 0.3) is 0 Å². The van der Waals surface area contributed by atoms with E-state index < -0.39 is 0 Å². The smallest absolute Gasteiger partial charge is 0.258 e. The number of thiocarbonyl (C=S) groups is 1. The molecule has 0 radical (unpaired) electrons. The lowest BCUT2D eigenvalue weighted by Crippen LogP contribution is -2.28. The average molecular weight is 284 g/mol. The third kappa shape index (κ3) is 2.86. The number of benzene rings is 2. The van der Waals surface area contributed by atoms with Gasteiger partial charge in [0.25, 0.3) is 5.91 Å². The highest BCUT2D eigenvalue weighted by Gasteiger charge is 2.17. The van der Waals surface area contributed by atoms with E-state index in [4.69, 9.17) is 18.0 Å². The van der Waals surface area contributed by atoms with Crippen molar-refractivity contribution in [3.05, 3.63) is 65.2 Å². The van der Waals surface area contributed by atoms with E-state index in [1.54, 1.807) is 18.0 Å². The van der Waals surface area contributed by atoms with Crippen molar-refractivity contribution in [1.29, 1.82) is 0 Å². The van der Waals surface area contributed by atoms with Crippen LogP contribution in [0.1, 0.15) is 21.5 Å². The summed E-state index contributed by atoms with van der Waals surface area (Å²) in [6, 6.07) is 14.9. The molecular formula is C16H16N2OS. The van der Waals surface area contributed by atoms with E-state index >= 15 is 0 Å². The molecule has 102 valence electrons. The Morgan fingerprint density at radius 2 is 1.85 bits per heavy atom. The van der Waals surface area contributed by atoms with Gasteiger partial charge in [0.05, 0.1) is 5.69 Å². The van der Waals surface area contributed by atoms with Gasteiger partial charge in [0.15, 0.2) is 0 Å². The third-order valence-corrected chi connectivity index (χ3v) is 3.32. The van der Waals surface area contributed by atoms with Gasteiger partial charge in [-0.05, 0) is 31.2 Å². The Morgan fingerprint density at radius 1 is 1.15 bits per heavy atom. The van der Waals surface area contributed by atoms with Gasteiger partial charge in [-0.2, -0.15) is 0 Å². The van der Waals surface area contributed by atoms with Gasteiger partial charge >= 0.3 is 0 Å². The summed E-state index contributed by atoms with van der Waals surface area (Å²) in [5, 5.41) is 0. The molecule has 0 spiro atoms. The number of hydrogen-bond acceptors (Lipinski definition) is 2. The standard InChI is InChI=1S/C16H16N2OS/c1-11-6-5-7-12(10-11)16(19)18(2)14-9-4-3-8-13(14)15(17)20/h3-10H,1-2H3,(H2,17,20). The number of hydrogen-bond donors (Lipinski definition) is 1. The maximum Gasteiger partial charge on any atom is 0.258 e. The zero-order valence-corrected chi connectivity index (χ0v) is 12.3. The number of anilines is 1. The van der Waals surface area contributed by atoms with E-state index in [1.165, 1.54) is 0 Å². The summed E-state index contributed by atoms with van der Waals surface area (Å²) in [4.78, 5) is 14.4. The molecule has 0 saturated heterocycles. The number of carbonyl (C=O) groups excluding carboxylic acids is 1. The molecule has 1 amide bonds. The Labute approximate surface area is 124 Å². The Balaban J connectivity index is 2.39. The van der Waals surface area contributed by atoms with Gasteiger partial charge in [-0.15, -0.1) is 0 Å². The first kappa shape index (κ1) is 14.2. The molecule has 0 aromatic heterocycles. The van der Waals surface area contributed by atoms with Crippen LogP contribution in [-0.4, -0.2) is 17.9 Å². The van der Waals surface area contributed by atoms with Crippen molar-refractivity contribution in [1.82, 2.24) is 0 Å². The lowest BCUT2D eigenvalue weighted by atomic mass is 10.1. The lowest BCUT2D eigenvalue weighted by molar-refractivity contribution is 0.0993. The fourth-order valence-corrected chi connectivity index (χ4v) is 2.23. The molecule has 4 heteroatoms. The van der Waals surface area contributed by atoms with Gasteiger partial charge in [-0.3, -0.25) is 4.79 Å². The van der Waals surface area contributed by atoms with Gasteiger partial charge in [0.1, 0.15) is 4.99 Å². The van der Waals surface area contributed by atoms with Gasteiger partial charge in [0.2, 0.25) is 0 Å². The van der Waals surface area contributed by atoms with Crippen LogP contribution in [0.2, 0.25) is 0 Å². The van der Waals surface area contributed by atoms with Gasteiger partial charge < -0.3 is 10.6 Å². The highest BCUT2D eigenvalue weighted by atomic mass is 32.1. The van der Waals surface area contributed by atoms with Crippen molar-refractivity contribution in [2.24, 2.45) is 5.73 Å². The molecule has 2 aromatic carbocycles. The summed E-state index contributed by atoms with van der Waals surface area (Å²) in [6.07, 6.45) is 0. The van der Waals surface area contributed by atoms with Crippen molar-refractivity contribution in [2.75, 3.05) is 11.9 Å². The molecule has 2 aromatic rings. The average Bonchev–Trinajstić information content (AvgIpc) is 2.45. The number of para-hydroxylation sites is 1. The maximum atomic E-state index is 12.5. The van der Waals surface area contributed by atoms with Gasteiger partial charge in [-0.1, -0.05) is 42.0 Å². The molecule has 2 N–H and O–H groups in total. The predicted molar refractivity (Wildman–Crippen MR) is 86.2 cm³/mol. The van der Waals surface area contributed by atoms with E-state index in [0.717, 1.165) is 5.56 Å². The summed E-state index contributed by atoms with van der Waals surface area (Å²) in [6.45, 7) is 1.96. The first-order chi connectivity index (χ1) is 9.50. The molecular weight excluding hydrogens is 268 g/mol. The Morgan fingerprint density at radius 3 is 2.50 bits per heavy atom. The largest absolute Gasteiger partial charge is 0.389 e. The second kappa shape index (κ2) is 5.84.